The summed E-state index contributed by atoms with van der Waals surface area (Å²) in [5.74, 6) is 1.94. The Morgan fingerprint density at radius 2 is 2.17 bits per heavy atom. The minimum absolute atomic E-state index is 0.329. The van der Waals surface area contributed by atoms with E-state index in [0.717, 1.165) is 30.8 Å². The minimum atomic E-state index is -0.708. The van der Waals surface area contributed by atoms with Crippen molar-refractivity contribution in [1.29, 1.82) is 0 Å². The van der Waals surface area contributed by atoms with Gasteiger partial charge in [0.2, 0.25) is 0 Å². The van der Waals surface area contributed by atoms with E-state index in [4.69, 9.17) is 10.5 Å². The van der Waals surface area contributed by atoms with Gasteiger partial charge in [0.25, 0.3) is 0 Å². The molecule has 1 atom stereocenters. The van der Waals surface area contributed by atoms with E-state index >= 15 is 0 Å². The van der Waals surface area contributed by atoms with E-state index in [1.165, 1.54) is 4.90 Å². The Morgan fingerprint density at radius 1 is 1.39 bits per heavy atom. The highest BCUT2D eigenvalue weighted by Crippen LogP contribution is 2.24. The van der Waals surface area contributed by atoms with Crippen molar-refractivity contribution in [2.24, 2.45) is 5.73 Å². The van der Waals surface area contributed by atoms with E-state index in [1.807, 2.05) is 30.0 Å². The van der Waals surface area contributed by atoms with Gasteiger partial charge in [0.1, 0.15) is 5.75 Å². The summed E-state index contributed by atoms with van der Waals surface area (Å²) in [6, 6.07) is 8.08. The van der Waals surface area contributed by atoms with Crippen LogP contribution in [0.25, 0.3) is 0 Å². The SMILES string of the molecule is COc1cccc(SCCCCC(C)(O)CN)c1. The lowest BCUT2D eigenvalue weighted by molar-refractivity contribution is 0.0577. The maximum Gasteiger partial charge on any atom is 0.119 e. The Kier molecular flexibility index (Phi) is 6.54. The predicted molar refractivity (Wildman–Crippen MR) is 77.2 cm³/mol. The molecule has 1 unspecified atom stereocenters. The van der Waals surface area contributed by atoms with Crippen LogP contribution < -0.4 is 10.5 Å². The van der Waals surface area contributed by atoms with Crippen molar-refractivity contribution < 1.29 is 9.84 Å². The van der Waals surface area contributed by atoms with Crippen LogP contribution in [0.15, 0.2) is 29.2 Å². The number of hydrogen-bond acceptors (Lipinski definition) is 4. The average molecular weight is 269 g/mol. The summed E-state index contributed by atoms with van der Waals surface area (Å²) in [6.07, 6.45) is 2.85. The first-order valence-electron chi connectivity index (χ1n) is 6.27. The van der Waals surface area contributed by atoms with Gasteiger partial charge in [-0.25, -0.2) is 0 Å². The zero-order valence-corrected chi connectivity index (χ0v) is 12.0. The second-order valence-corrected chi connectivity index (χ2v) is 5.85. The summed E-state index contributed by atoms with van der Waals surface area (Å²) in [7, 11) is 1.68. The molecule has 0 amide bonds. The number of aliphatic hydroxyl groups is 1. The normalized spacial score (nSPS) is 14.2. The number of benzene rings is 1. The van der Waals surface area contributed by atoms with Crippen LogP contribution in [0, 0.1) is 0 Å². The molecule has 0 spiro atoms. The number of methoxy groups -OCH3 is 1. The van der Waals surface area contributed by atoms with Crippen molar-refractivity contribution >= 4 is 11.8 Å². The van der Waals surface area contributed by atoms with Crippen LogP contribution in [0.1, 0.15) is 26.2 Å². The molecular weight excluding hydrogens is 246 g/mol. The summed E-state index contributed by atoms with van der Waals surface area (Å²) >= 11 is 1.82. The van der Waals surface area contributed by atoms with E-state index in [0.29, 0.717) is 6.54 Å². The second-order valence-electron chi connectivity index (χ2n) is 4.69. The summed E-state index contributed by atoms with van der Waals surface area (Å²) in [5, 5.41) is 9.76. The van der Waals surface area contributed by atoms with Gasteiger partial charge in [-0.2, -0.15) is 0 Å². The number of thioether (sulfide) groups is 1. The van der Waals surface area contributed by atoms with Gasteiger partial charge in [-0.1, -0.05) is 6.07 Å². The lowest BCUT2D eigenvalue weighted by Crippen LogP contribution is -2.33. The molecule has 1 aromatic carbocycles. The topological polar surface area (TPSA) is 55.5 Å². The van der Waals surface area contributed by atoms with Gasteiger partial charge >= 0.3 is 0 Å². The molecule has 0 fully saturated rings. The lowest BCUT2D eigenvalue weighted by Gasteiger charge is -2.20. The van der Waals surface area contributed by atoms with Crippen molar-refractivity contribution in [2.45, 2.75) is 36.7 Å². The number of ether oxygens (including phenoxy) is 1. The minimum Gasteiger partial charge on any atom is -0.497 e. The Morgan fingerprint density at radius 3 is 2.83 bits per heavy atom. The zero-order valence-electron chi connectivity index (χ0n) is 11.2. The molecule has 0 heterocycles. The first kappa shape index (κ1) is 15.3. The fourth-order valence-corrected chi connectivity index (χ4v) is 2.55. The van der Waals surface area contributed by atoms with E-state index in [-0.39, 0.29) is 0 Å². The van der Waals surface area contributed by atoms with Gasteiger partial charge in [-0.15, -0.1) is 11.8 Å². The summed E-state index contributed by atoms with van der Waals surface area (Å²) in [6.45, 7) is 2.12. The van der Waals surface area contributed by atoms with Crippen molar-refractivity contribution in [1.82, 2.24) is 0 Å². The third-order valence-corrected chi connectivity index (χ3v) is 3.94. The highest BCUT2D eigenvalue weighted by molar-refractivity contribution is 7.99. The van der Waals surface area contributed by atoms with Gasteiger partial charge in [0.05, 0.1) is 12.7 Å². The van der Waals surface area contributed by atoms with Gasteiger partial charge < -0.3 is 15.6 Å². The molecule has 3 nitrogen and oxygen atoms in total. The third kappa shape index (κ3) is 5.76. The Bertz CT molecular complexity index is 355. The molecule has 0 aliphatic carbocycles. The van der Waals surface area contributed by atoms with Gasteiger partial charge in [0.15, 0.2) is 0 Å². The Labute approximate surface area is 114 Å². The summed E-state index contributed by atoms with van der Waals surface area (Å²) < 4.78 is 5.18. The lowest BCUT2D eigenvalue weighted by atomic mass is 10.00. The highest BCUT2D eigenvalue weighted by atomic mass is 32.2. The van der Waals surface area contributed by atoms with Crippen molar-refractivity contribution in [3.63, 3.8) is 0 Å². The van der Waals surface area contributed by atoms with E-state index in [9.17, 15) is 5.11 Å². The molecule has 1 rings (SSSR count). The number of nitrogens with two attached hydrogens (primary N) is 1. The molecule has 1 aromatic rings. The van der Waals surface area contributed by atoms with Gasteiger partial charge in [-0.3, -0.25) is 0 Å². The second kappa shape index (κ2) is 7.67. The van der Waals surface area contributed by atoms with Crippen LogP contribution in [-0.4, -0.2) is 30.1 Å². The molecule has 0 aliphatic rings. The zero-order chi connectivity index (χ0) is 13.4. The van der Waals surface area contributed by atoms with Crippen LogP contribution in [0.2, 0.25) is 0 Å². The molecule has 18 heavy (non-hydrogen) atoms. The monoisotopic (exact) mass is 269 g/mol. The third-order valence-electron chi connectivity index (χ3n) is 2.86. The summed E-state index contributed by atoms with van der Waals surface area (Å²) in [4.78, 5) is 1.22. The quantitative estimate of drug-likeness (QED) is 0.563. The molecule has 0 aromatic heterocycles. The largest absolute Gasteiger partial charge is 0.497 e. The molecule has 102 valence electrons. The molecule has 0 saturated heterocycles. The summed E-state index contributed by atoms with van der Waals surface area (Å²) in [5.41, 5.74) is 4.77. The standard InChI is InChI=1S/C14H23NO2S/c1-14(16,11-15)8-3-4-9-18-13-7-5-6-12(10-13)17-2/h5-7,10,16H,3-4,8-9,11,15H2,1-2H3. The number of unbranched alkanes of at least 4 members (excludes halogenated alkanes) is 1. The number of hydrogen-bond donors (Lipinski definition) is 2. The Balaban J connectivity index is 2.21. The molecule has 0 bridgehead atoms. The van der Waals surface area contributed by atoms with Crippen LogP contribution in [0.5, 0.6) is 5.75 Å². The van der Waals surface area contributed by atoms with Crippen molar-refractivity contribution in [3.8, 4) is 5.75 Å². The van der Waals surface area contributed by atoms with E-state index in [1.54, 1.807) is 14.0 Å². The maximum atomic E-state index is 9.76. The van der Waals surface area contributed by atoms with Crippen LogP contribution >= 0.6 is 11.8 Å². The highest BCUT2D eigenvalue weighted by Gasteiger charge is 2.16. The van der Waals surface area contributed by atoms with Crippen LogP contribution in [-0.2, 0) is 0 Å². The molecular formula is C14H23NO2S. The smallest absolute Gasteiger partial charge is 0.119 e. The molecule has 0 radical (unpaired) electrons. The van der Waals surface area contributed by atoms with E-state index < -0.39 is 5.60 Å². The molecule has 0 saturated carbocycles. The first-order valence-corrected chi connectivity index (χ1v) is 7.25. The number of rotatable bonds is 8. The van der Waals surface area contributed by atoms with Gasteiger partial charge in [-0.05, 0) is 50.1 Å². The fraction of sp³-hybridized carbons (Fsp3) is 0.571. The van der Waals surface area contributed by atoms with Crippen molar-refractivity contribution in [3.05, 3.63) is 24.3 Å². The average Bonchev–Trinajstić information content (AvgIpc) is 2.38. The molecule has 3 N–H and O–H groups in total. The van der Waals surface area contributed by atoms with Crippen LogP contribution in [0.4, 0.5) is 0 Å². The predicted octanol–water partition coefficient (Wildman–Crippen LogP) is 2.67. The maximum absolute atomic E-state index is 9.76. The Hall–Kier alpha value is -0.710. The van der Waals surface area contributed by atoms with E-state index in [2.05, 4.69) is 6.07 Å². The molecule has 0 aliphatic heterocycles. The van der Waals surface area contributed by atoms with Crippen LogP contribution in [0.3, 0.4) is 0 Å². The first-order chi connectivity index (χ1) is 8.57. The van der Waals surface area contributed by atoms with Gasteiger partial charge in [0, 0.05) is 11.4 Å². The fourth-order valence-electron chi connectivity index (χ4n) is 1.59. The van der Waals surface area contributed by atoms with Crippen molar-refractivity contribution in [2.75, 3.05) is 19.4 Å². The molecule has 4 heteroatoms.